The molecule has 3 rings (SSSR count). The highest BCUT2D eigenvalue weighted by Gasteiger charge is 2.30. The topological polar surface area (TPSA) is 51.4 Å². The number of fused-ring (bicyclic) bond motifs is 1. The predicted molar refractivity (Wildman–Crippen MR) is 82.4 cm³/mol. The first-order valence-corrected chi connectivity index (χ1v) is 7.89. The molecule has 1 aliphatic heterocycles. The van der Waals surface area contributed by atoms with Gasteiger partial charge < -0.3 is 14.2 Å². The number of hydrogen-bond acceptors (Lipinski definition) is 6. The van der Waals surface area contributed by atoms with E-state index >= 15 is 0 Å². The first kappa shape index (κ1) is 14.4. The molecule has 1 aliphatic rings. The molecule has 0 aliphatic carbocycles. The third kappa shape index (κ3) is 2.91. The second kappa shape index (κ2) is 6.07. The molecule has 0 radical (unpaired) electrons. The molecule has 2 heterocycles. The maximum Gasteiger partial charge on any atom is 0.246 e. The van der Waals surface area contributed by atoms with E-state index in [1.165, 1.54) is 10.6 Å². The lowest BCUT2D eigenvalue weighted by molar-refractivity contribution is 0.174. The number of methoxy groups -OCH3 is 1. The summed E-state index contributed by atoms with van der Waals surface area (Å²) in [6, 6.07) is 8.87. The Bertz CT molecular complexity index is 616. The number of hydrogen-bond donors (Lipinski definition) is 0. The number of thioether (sulfide) groups is 1. The molecule has 0 N–H and O–H groups in total. The molecule has 0 saturated carbocycles. The second-order valence-corrected chi connectivity index (χ2v) is 6.62. The summed E-state index contributed by atoms with van der Waals surface area (Å²) in [6.07, 6.45) is 0. The molecule has 0 unspecified atom stereocenters. The first-order valence-electron chi connectivity index (χ1n) is 7.01. The molecule has 0 fully saturated rings. The van der Waals surface area contributed by atoms with Crippen LogP contribution in [0.1, 0.15) is 25.6 Å². The van der Waals surface area contributed by atoms with Gasteiger partial charge in [0, 0.05) is 23.3 Å². The van der Waals surface area contributed by atoms with E-state index in [0.29, 0.717) is 36.2 Å². The number of ether oxygens (including phenoxy) is 1. The van der Waals surface area contributed by atoms with Crippen molar-refractivity contribution in [2.24, 2.45) is 0 Å². The first-order chi connectivity index (χ1) is 10.2. The quantitative estimate of drug-likeness (QED) is 0.865. The highest BCUT2D eigenvalue weighted by Crippen LogP contribution is 2.41. The fourth-order valence-electron chi connectivity index (χ4n) is 2.48. The Balaban J connectivity index is 1.85. The Hall–Kier alpha value is -1.53. The third-order valence-electron chi connectivity index (χ3n) is 3.75. The van der Waals surface area contributed by atoms with E-state index in [1.54, 1.807) is 7.11 Å². The smallest absolute Gasteiger partial charge is 0.246 e. The summed E-state index contributed by atoms with van der Waals surface area (Å²) >= 11 is 1.92. The van der Waals surface area contributed by atoms with Crippen LogP contribution in [-0.4, -0.2) is 28.5 Å². The minimum atomic E-state index is 0.377. The molecule has 0 saturated heterocycles. The zero-order valence-corrected chi connectivity index (χ0v) is 13.3. The van der Waals surface area contributed by atoms with E-state index in [2.05, 4.69) is 53.2 Å². The number of para-hydroxylation sites is 1. The van der Waals surface area contributed by atoms with Crippen LogP contribution in [0.15, 0.2) is 33.7 Å². The monoisotopic (exact) mass is 305 g/mol. The van der Waals surface area contributed by atoms with Gasteiger partial charge in [-0.2, -0.15) is 4.98 Å². The Morgan fingerprint density at radius 1 is 1.33 bits per heavy atom. The summed E-state index contributed by atoms with van der Waals surface area (Å²) in [7, 11) is 1.62. The lowest BCUT2D eigenvalue weighted by Gasteiger charge is -2.39. The molecular formula is C15H19N3O2S. The van der Waals surface area contributed by atoms with Crippen molar-refractivity contribution in [1.82, 2.24) is 10.1 Å². The van der Waals surface area contributed by atoms with Crippen LogP contribution in [0.2, 0.25) is 0 Å². The van der Waals surface area contributed by atoms with Crippen molar-refractivity contribution in [2.75, 3.05) is 12.0 Å². The van der Waals surface area contributed by atoms with Gasteiger partial charge in [0.05, 0.1) is 12.2 Å². The summed E-state index contributed by atoms with van der Waals surface area (Å²) in [6.45, 7) is 5.49. The summed E-state index contributed by atoms with van der Waals surface area (Å²) in [4.78, 5) is 8.01. The van der Waals surface area contributed by atoms with Crippen LogP contribution in [0.4, 0.5) is 5.69 Å². The number of benzene rings is 1. The summed E-state index contributed by atoms with van der Waals surface area (Å²) < 4.78 is 10.4. The molecule has 0 amide bonds. The van der Waals surface area contributed by atoms with Gasteiger partial charge in [-0.1, -0.05) is 24.2 Å². The van der Waals surface area contributed by atoms with Crippen LogP contribution in [-0.2, 0) is 17.9 Å². The largest absolute Gasteiger partial charge is 0.377 e. The van der Waals surface area contributed by atoms with E-state index in [1.807, 2.05) is 11.8 Å². The molecule has 1 aromatic carbocycles. The van der Waals surface area contributed by atoms with Crippen LogP contribution < -0.4 is 4.90 Å². The highest BCUT2D eigenvalue weighted by molar-refractivity contribution is 8.00. The molecule has 1 aromatic heterocycles. The fraction of sp³-hybridized carbons (Fsp3) is 0.467. The molecular weight excluding hydrogens is 286 g/mol. The Morgan fingerprint density at radius 2 is 2.14 bits per heavy atom. The van der Waals surface area contributed by atoms with Crippen LogP contribution in [0, 0.1) is 0 Å². The zero-order chi connectivity index (χ0) is 14.8. The van der Waals surface area contributed by atoms with Crippen molar-refractivity contribution >= 4 is 17.4 Å². The molecule has 0 bridgehead atoms. The predicted octanol–water partition coefficient (Wildman–Crippen LogP) is 3.11. The SMILES string of the molecule is COCc1noc(CN2c3ccccc3S[C@@H](C)[C@@H]2C)n1. The van der Waals surface area contributed by atoms with E-state index in [9.17, 15) is 0 Å². The normalized spacial score (nSPS) is 21.4. The average molecular weight is 305 g/mol. The summed E-state index contributed by atoms with van der Waals surface area (Å²) in [5.74, 6) is 1.22. The van der Waals surface area contributed by atoms with E-state index in [0.717, 1.165) is 0 Å². The minimum absolute atomic E-state index is 0.377. The van der Waals surface area contributed by atoms with Gasteiger partial charge in [0.15, 0.2) is 5.82 Å². The molecule has 21 heavy (non-hydrogen) atoms. The van der Waals surface area contributed by atoms with Gasteiger partial charge in [-0.25, -0.2) is 0 Å². The lowest BCUT2D eigenvalue weighted by Crippen LogP contribution is -2.41. The second-order valence-electron chi connectivity index (χ2n) is 5.20. The molecule has 5 nitrogen and oxygen atoms in total. The van der Waals surface area contributed by atoms with Crippen molar-refractivity contribution in [3.63, 3.8) is 0 Å². The summed E-state index contributed by atoms with van der Waals surface area (Å²) in [5, 5.41) is 4.44. The van der Waals surface area contributed by atoms with E-state index in [-0.39, 0.29) is 0 Å². The Labute approximate surface area is 128 Å². The van der Waals surface area contributed by atoms with Gasteiger partial charge in [0.2, 0.25) is 5.89 Å². The van der Waals surface area contributed by atoms with E-state index < -0.39 is 0 Å². The van der Waals surface area contributed by atoms with Gasteiger partial charge in [-0.3, -0.25) is 0 Å². The average Bonchev–Trinajstić information content (AvgIpc) is 2.92. The third-order valence-corrected chi connectivity index (χ3v) is 5.11. The van der Waals surface area contributed by atoms with Gasteiger partial charge in [0.25, 0.3) is 0 Å². The summed E-state index contributed by atoms with van der Waals surface area (Å²) in [5.41, 5.74) is 1.24. The van der Waals surface area contributed by atoms with Gasteiger partial charge in [0.1, 0.15) is 6.61 Å². The highest BCUT2D eigenvalue weighted by atomic mass is 32.2. The number of rotatable bonds is 4. The molecule has 0 spiro atoms. The van der Waals surface area contributed by atoms with Gasteiger partial charge in [-0.15, -0.1) is 11.8 Å². The maximum absolute atomic E-state index is 5.33. The number of aromatic nitrogens is 2. The van der Waals surface area contributed by atoms with Crippen molar-refractivity contribution in [3.8, 4) is 0 Å². The van der Waals surface area contributed by atoms with Crippen LogP contribution in [0.25, 0.3) is 0 Å². The van der Waals surface area contributed by atoms with Gasteiger partial charge in [-0.05, 0) is 19.1 Å². The van der Waals surface area contributed by atoms with Crippen LogP contribution in [0.3, 0.4) is 0 Å². The standard InChI is InChI=1S/C15H19N3O2S/c1-10-11(2)21-13-7-5-4-6-12(13)18(10)8-15-16-14(9-19-3)17-20-15/h4-7,10-11H,8-9H2,1-3H3/t10-,11-/m0/s1. The number of anilines is 1. The maximum atomic E-state index is 5.33. The van der Waals surface area contributed by atoms with Gasteiger partial charge >= 0.3 is 0 Å². The minimum Gasteiger partial charge on any atom is -0.377 e. The zero-order valence-electron chi connectivity index (χ0n) is 12.4. The Morgan fingerprint density at radius 3 is 2.95 bits per heavy atom. The van der Waals surface area contributed by atoms with Crippen molar-refractivity contribution in [1.29, 1.82) is 0 Å². The van der Waals surface area contributed by atoms with E-state index in [4.69, 9.17) is 9.26 Å². The van der Waals surface area contributed by atoms with Crippen LogP contribution in [0.5, 0.6) is 0 Å². The van der Waals surface area contributed by atoms with Crippen molar-refractivity contribution in [3.05, 3.63) is 36.0 Å². The molecule has 2 atom stereocenters. The van der Waals surface area contributed by atoms with Crippen molar-refractivity contribution < 1.29 is 9.26 Å². The fourth-order valence-corrected chi connectivity index (χ4v) is 3.69. The molecule has 6 heteroatoms. The van der Waals surface area contributed by atoms with Crippen LogP contribution >= 0.6 is 11.8 Å². The molecule has 2 aromatic rings. The number of nitrogens with zero attached hydrogens (tertiary/aromatic N) is 3. The lowest BCUT2D eigenvalue weighted by atomic mass is 10.1. The van der Waals surface area contributed by atoms with Crippen molar-refractivity contribution in [2.45, 2.75) is 43.2 Å². The molecule has 112 valence electrons. The Kier molecular flexibility index (Phi) is 4.17.